The normalized spacial score (nSPS) is 10.6. The predicted molar refractivity (Wildman–Crippen MR) is 83.0 cm³/mol. The Morgan fingerprint density at radius 1 is 1.19 bits per heavy atom. The first-order valence-electron chi connectivity index (χ1n) is 6.43. The molecular weight excluding hydrogens is 284 g/mol. The number of thiazole rings is 1. The number of hydrogen-bond donors (Lipinski definition) is 1. The molecule has 0 bridgehead atoms. The molecule has 1 aromatic carbocycles. The van der Waals surface area contributed by atoms with Gasteiger partial charge in [0.2, 0.25) is 5.88 Å². The van der Waals surface area contributed by atoms with Crippen molar-refractivity contribution >= 4 is 11.3 Å². The third kappa shape index (κ3) is 2.76. The van der Waals surface area contributed by atoms with Gasteiger partial charge < -0.3 is 10.5 Å². The van der Waals surface area contributed by atoms with E-state index in [4.69, 9.17) is 10.5 Å². The topological polar surface area (TPSA) is 73.9 Å². The van der Waals surface area contributed by atoms with Gasteiger partial charge in [-0.1, -0.05) is 30.3 Å². The van der Waals surface area contributed by atoms with Crippen LogP contribution < -0.4 is 10.5 Å². The molecule has 2 N–H and O–H groups in total. The van der Waals surface area contributed by atoms with E-state index in [1.54, 1.807) is 24.5 Å². The smallest absolute Gasteiger partial charge is 0.216 e. The molecule has 0 aliphatic heterocycles. The first-order chi connectivity index (χ1) is 10.3. The van der Waals surface area contributed by atoms with Crippen LogP contribution >= 0.6 is 11.3 Å². The van der Waals surface area contributed by atoms with Gasteiger partial charge in [-0.3, -0.25) is 0 Å². The second-order valence-electron chi connectivity index (χ2n) is 4.31. The maximum Gasteiger partial charge on any atom is 0.216 e. The average molecular weight is 298 g/mol. The minimum Gasteiger partial charge on any atom is -0.481 e. The largest absolute Gasteiger partial charge is 0.481 e. The fraction of sp³-hybridized carbons (Fsp3) is 0.133. The van der Waals surface area contributed by atoms with Crippen LogP contribution in [0, 0.1) is 0 Å². The number of methoxy groups -OCH3 is 1. The van der Waals surface area contributed by atoms with E-state index in [1.807, 2.05) is 30.3 Å². The van der Waals surface area contributed by atoms with Gasteiger partial charge in [-0.05, 0) is 0 Å². The molecule has 0 spiro atoms. The van der Waals surface area contributed by atoms with Gasteiger partial charge in [-0.15, -0.1) is 11.3 Å². The summed E-state index contributed by atoms with van der Waals surface area (Å²) in [6, 6.07) is 11.8. The van der Waals surface area contributed by atoms with Gasteiger partial charge in [0.1, 0.15) is 17.0 Å². The molecule has 3 rings (SSSR count). The highest BCUT2D eigenvalue weighted by Crippen LogP contribution is 2.33. The van der Waals surface area contributed by atoms with Crippen molar-refractivity contribution in [2.75, 3.05) is 7.11 Å². The lowest BCUT2D eigenvalue weighted by molar-refractivity contribution is 0.397. The van der Waals surface area contributed by atoms with Crippen LogP contribution in [0.1, 0.15) is 4.88 Å². The molecule has 5 nitrogen and oxygen atoms in total. The van der Waals surface area contributed by atoms with Gasteiger partial charge in [-0.2, -0.15) is 0 Å². The summed E-state index contributed by atoms with van der Waals surface area (Å²) in [6.07, 6.45) is 1.47. The zero-order valence-corrected chi connectivity index (χ0v) is 12.3. The van der Waals surface area contributed by atoms with Crippen molar-refractivity contribution in [3.05, 3.63) is 47.6 Å². The summed E-state index contributed by atoms with van der Waals surface area (Å²) in [4.78, 5) is 14.0. The first-order valence-corrected chi connectivity index (χ1v) is 7.25. The van der Waals surface area contributed by atoms with E-state index in [1.165, 1.54) is 6.33 Å². The molecule has 0 amide bonds. The molecule has 2 heterocycles. The van der Waals surface area contributed by atoms with Crippen LogP contribution in [0.3, 0.4) is 0 Å². The van der Waals surface area contributed by atoms with Crippen molar-refractivity contribution in [2.24, 2.45) is 5.73 Å². The number of nitrogens with zero attached hydrogens (tertiary/aromatic N) is 3. The molecule has 0 unspecified atom stereocenters. The number of hydrogen-bond acceptors (Lipinski definition) is 6. The molecule has 0 atom stereocenters. The quantitative estimate of drug-likeness (QED) is 0.801. The fourth-order valence-corrected chi connectivity index (χ4v) is 2.92. The van der Waals surface area contributed by atoms with E-state index in [2.05, 4.69) is 15.0 Å². The van der Waals surface area contributed by atoms with E-state index in [0.29, 0.717) is 12.4 Å². The highest BCUT2D eigenvalue weighted by atomic mass is 32.1. The molecule has 0 saturated carbocycles. The van der Waals surface area contributed by atoms with Crippen molar-refractivity contribution < 1.29 is 4.74 Å². The van der Waals surface area contributed by atoms with Crippen LogP contribution in [0.2, 0.25) is 0 Å². The maximum atomic E-state index is 5.85. The number of rotatable bonds is 4. The lowest BCUT2D eigenvalue weighted by atomic mass is 10.1. The molecule has 0 saturated heterocycles. The molecule has 21 heavy (non-hydrogen) atoms. The Morgan fingerprint density at radius 3 is 2.71 bits per heavy atom. The minimum absolute atomic E-state index is 0.449. The highest BCUT2D eigenvalue weighted by molar-refractivity contribution is 7.15. The molecule has 2 aromatic heterocycles. The Balaban J connectivity index is 2.07. The Morgan fingerprint density at radius 2 is 2.00 bits per heavy atom. The maximum absolute atomic E-state index is 5.85. The summed E-state index contributed by atoms with van der Waals surface area (Å²) in [5.74, 6) is 0.519. The molecule has 6 heteroatoms. The van der Waals surface area contributed by atoms with Crippen LogP contribution in [-0.4, -0.2) is 22.1 Å². The molecular formula is C15H14N4OS. The summed E-state index contributed by atoms with van der Waals surface area (Å²) in [6.45, 7) is 0.449. The summed E-state index contributed by atoms with van der Waals surface area (Å²) in [7, 11) is 1.58. The van der Waals surface area contributed by atoms with Gasteiger partial charge in [0, 0.05) is 23.1 Å². The molecule has 3 aromatic rings. The lowest BCUT2D eigenvalue weighted by Gasteiger charge is -1.99. The van der Waals surface area contributed by atoms with Gasteiger partial charge in [0.05, 0.1) is 12.8 Å². The van der Waals surface area contributed by atoms with Crippen molar-refractivity contribution in [1.29, 1.82) is 0 Å². The third-order valence-corrected chi connectivity index (χ3v) is 4.10. The predicted octanol–water partition coefficient (Wildman–Crippen LogP) is 2.73. The van der Waals surface area contributed by atoms with E-state index in [0.717, 1.165) is 26.8 Å². The monoisotopic (exact) mass is 298 g/mol. The zero-order valence-electron chi connectivity index (χ0n) is 11.5. The molecule has 0 aliphatic rings. The van der Waals surface area contributed by atoms with E-state index >= 15 is 0 Å². The average Bonchev–Trinajstić information content (AvgIpc) is 3.00. The minimum atomic E-state index is 0.449. The standard InChI is InChI=1S/C15H14N4OS/c1-20-13-7-11(17-9-18-13)15-19-14(12(8-16)21-15)10-5-3-2-4-6-10/h2-7,9H,8,16H2,1H3. The number of nitrogens with two attached hydrogens (primary N) is 1. The van der Waals surface area contributed by atoms with Crippen LogP contribution in [0.5, 0.6) is 5.88 Å². The lowest BCUT2D eigenvalue weighted by Crippen LogP contribution is -1.95. The SMILES string of the molecule is COc1cc(-c2nc(-c3ccccc3)c(CN)s2)ncn1. The molecule has 0 aliphatic carbocycles. The van der Waals surface area contributed by atoms with Crippen molar-refractivity contribution in [3.8, 4) is 27.8 Å². The summed E-state index contributed by atoms with van der Waals surface area (Å²) >= 11 is 1.54. The van der Waals surface area contributed by atoms with E-state index < -0.39 is 0 Å². The van der Waals surface area contributed by atoms with Crippen molar-refractivity contribution in [1.82, 2.24) is 15.0 Å². The van der Waals surface area contributed by atoms with Crippen LogP contribution in [0.25, 0.3) is 22.0 Å². The Labute approximate surface area is 126 Å². The van der Waals surface area contributed by atoms with Gasteiger partial charge in [0.25, 0.3) is 0 Å². The number of benzene rings is 1. The number of aromatic nitrogens is 3. The van der Waals surface area contributed by atoms with Crippen LogP contribution in [0.15, 0.2) is 42.7 Å². The molecule has 0 fully saturated rings. The van der Waals surface area contributed by atoms with Gasteiger partial charge >= 0.3 is 0 Å². The molecule has 0 radical (unpaired) electrons. The Kier molecular flexibility index (Phi) is 3.89. The summed E-state index contributed by atoms with van der Waals surface area (Å²) < 4.78 is 5.13. The zero-order chi connectivity index (χ0) is 14.7. The van der Waals surface area contributed by atoms with E-state index in [-0.39, 0.29) is 0 Å². The second-order valence-corrected chi connectivity index (χ2v) is 5.39. The third-order valence-electron chi connectivity index (χ3n) is 3.00. The highest BCUT2D eigenvalue weighted by Gasteiger charge is 2.14. The second kappa shape index (κ2) is 5.99. The van der Waals surface area contributed by atoms with Crippen LogP contribution in [0.4, 0.5) is 0 Å². The summed E-state index contributed by atoms with van der Waals surface area (Å²) in [5.41, 5.74) is 8.56. The van der Waals surface area contributed by atoms with Gasteiger partial charge in [0.15, 0.2) is 0 Å². The van der Waals surface area contributed by atoms with Crippen molar-refractivity contribution in [2.45, 2.75) is 6.54 Å². The fourth-order valence-electron chi connectivity index (χ4n) is 1.99. The Bertz CT molecular complexity index is 742. The molecule has 106 valence electrons. The summed E-state index contributed by atoms with van der Waals surface area (Å²) in [5, 5.41) is 0.815. The number of ether oxygens (including phenoxy) is 1. The van der Waals surface area contributed by atoms with Crippen molar-refractivity contribution in [3.63, 3.8) is 0 Å². The first kappa shape index (κ1) is 13.7. The van der Waals surface area contributed by atoms with E-state index in [9.17, 15) is 0 Å². The Hall–Kier alpha value is -2.31. The van der Waals surface area contributed by atoms with Crippen LogP contribution in [-0.2, 0) is 6.54 Å². The van der Waals surface area contributed by atoms with Gasteiger partial charge in [-0.25, -0.2) is 15.0 Å².